The largest absolute Gasteiger partial charge is 0.339 e. The van der Waals surface area contributed by atoms with Gasteiger partial charge >= 0.3 is 0 Å². The fraction of sp³-hybridized carbons (Fsp3) is 0.412. The van der Waals surface area contributed by atoms with E-state index in [2.05, 4.69) is 44.1 Å². The normalized spacial score (nSPS) is 15.8. The smallest absolute Gasteiger partial charge is 0.244 e. The lowest BCUT2D eigenvalue weighted by Gasteiger charge is -2.35. The summed E-state index contributed by atoms with van der Waals surface area (Å²) in [5, 5.41) is 4.28. The Morgan fingerprint density at radius 1 is 1.17 bits per heavy atom. The van der Waals surface area contributed by atoms with Crippen molar-refractivity contribution in [3.8, 4) is 0 Å². The molecule has 0 radical (unpaired) electrons. The van der Waals surface area contributed by atoms with Crippen LogP contribution < -0.4 is 0 Å². The number of aromatic nitrogens is 2. The van der Waals surface area contributed by atoms with E-state index in [1.807, 2.05) is 30.2 Å². The number of piperazine rings is 1. The standard InChI is InChI=1S/C17H21BrN4O/c1-14-6-7-22(19-14)13-17(23)21-10-8-20(9-11-21)12-15-4-2-3-5-16(15)18/h2-7H,8-13H2,1H3. The van der Waals surface area contributed by atoms with Crippen LogP contribution in [0.15, 0.2) is 41.0 Å². The molecular weight excluding hydrogens is 356 g/mol. The predicted molar refractivity (Wildman–Crippen MR) is 93.0 cm³/mol. The van der Waals surface area contributed by atoms with Gasteiger partial charge in [-0.3, -0.25) is 14.4 Å². The SMILES string of the molecule is Cc1ccn(CC(=O)N2CCN(Cc3ccccc3Br)CC2)n1. The summed E-state index contributed by atoms with van der Waals surface area (Å²) in [4.78, 5) is 16.7. The van der Waals surface area contributed by atoms with Gasteiger partial charge in [-0.2, -0.15) is 5.10 Å². The highest BCUT2D eigenvalue weighted by atomic mass is 79.9. The Morgan fingerprint density at radius 3 is 2.57 bits per heavy atom. The number of benzene rings is 1. The molecule has 1 amide bonds. The summed E-state index contributed by atoms with van der Waals surface area (Å²) < 4.78 is 2.86. The molecule has 3 rings (SSSR count). The molecule has 0 aliphatic carbocycles. The number of hydrogen-bond donors (Lipinski definition) is 0. The number of rotatable bonds is 4. The number of carbonyl (C=O) groups excluding carboxylic acids is 1. The predicted octanol–water partition coefficient (Wildman–Crippen LogP) is 2.30. The maximum Gasteiger partial charge on any atom is 0.244 e. The van der Waals surface area contributed by atoms with Gasteiger partial charge in [0.25, 0.3) is 0 Å². The van der Waals surface area contributed by atoms with Crippen LogP contribution in [0.3, 0.4) is 0 Å². The minimum atomic E-state index is 0.147. The van der Waals surface area contributed by atoms with E-state index < -0.39 is 0 Å². The third kappa shape index (κ3) is 4.20. The summed E-state index contributed by atoms with van der Waals surface area (Å²) in [6.07, 6.45) is 1.86. The number of halogens is 1. The summed E-state index contributed by atoms with van der Waals surface area (Å²) in [5.41, 5.74) is 2.23. The Bertz CT molecular complexity index is 677. The summed E-state index contributed by atoms with van der Waals surface area (Å²) in [6, 6.07) is 10.2. The van der Waals surface area contributed by atoms with Crippen molar-refractivity contribution >= 4 is 21.8 Å². The van der Waals surface area contributed by atoms with E-state index in [-0.39, 0.29) is 5.91 Å². The first-order valence-corrected chi connectivity index (χ1v) is 8.65. The monoisotopic (exact) mass is 376 g/mol. The van der Waals surface area contributed by atoms with Gasteiger partial charge in [0.1, 0.15) is 6.54 Å². The lowest BCUT2D eigenvalue weighted by Crippen LogP contribution is -2.49. The lowest BCUT2D eigenvalue weighted by molar-refractivity contribution is -0.133. The van der Waals surface area contributed by atoms with Crippen molar-refractivity contribution in [2.75, 3.05) is 26.2 Å². The fourth-order valence-corrected chi connectivity index (χ4v) is 3.22. The molecule has 23 heavy (non-hydrogen) atoms. The van der Waals surface area contributed by atoms with Crippen molar-refractivity contribution in [3.63, 3.8) is 0 Å². The molecule has 0 saturated carbocycles. The topological polar surface area (TPSA) is 41.4 Å². The van der Waals surface area contributed by atoms with Gasteiger partial charge in [-0.05, 0) is 24.6 Å². The number of nitrogens with zero attached hydrogens (tertiary/aromatic N) is 4. The third-order valence-electron chi connectivity index (χ3n) is 4.15. The Kier molecular flexibility index (Phi) is 5.13. The van der Waals surface area contributed by atoms with Gasteiger partial charge in [-0.1, -0.05) is 34.1 Å². The van der Waals surface area contributed by atoms with Crippen LogP contribution in [-0.2, 0) is 17.9 Å². The number of aryl methyl sites for hydroxylation is 1. The Morgan fingerprint density at radius 2 is 1.91 bits per heavy atom. The first kappa shape index (κ1) is 16.2. The molecule has 0 atom stereocenters. The van der Waals surface area contributed by atoms with Crippen LogP contribution in [0.2, 0.25) is 0 Å². The molecule has 0 bridgehead atoms. The van der Waals surface area contributed by atoms with Gasteiger partial charge in [-0.25, -0.2) is 0 Å². The summed E-state index contributed by atoms with van der Waals surface area (Å²) in [5.74, 6) is 0.147. The molecule has 1 aromatic heterocycles. The van der Waals surface area contributed by atoms with E-state index in [9.17, 15) is 4.79 Å². The van der Waals surface area contributed by atoms with Crippen LogP contribution in [0.25, 0.3) is 0 Å². The van der Waals surface area contributed by atoms with E-state index in [1.54, 1.807) is 4.68 Å². The number of hydrogen-bond acceptors (Lipinski definition) is 3. The second-order valence-electron chi connectivity index (χ2n) is 5.90. The number of carbonyl (C=O) groups is 1. The van der Waals surface area contributed by atoms with Crippen molar-refractivity contribution in [1.29, 1.82) is 0 Å². The van der Waals surface area contributed by atoms with Crippen LogP contribution in [0.5, 0.6) is 0 Å². The zero-order chi connectivity index (χ0) is 16.2. The third-order valence-corrected chi connectivity index (χ3v) is 4.92. The zero-order valence-corrected chi connectivity index (χ0v) is 14.9. The molecule has 2 heterocycles. The number of amides is 1. The molecule has 0 spiro atoms. The van der Waals surface area contributed by atoms with Crippen LogP contribution in [0.1, 0.15) is 11.3 Å². The molecule has 1 aromatic carbocycles. The highest BCUT2D eigenvalue weighted by molar-refractivity contribution is 9.10. The summed E-state index contributed by atoms with van der Waals surface area (Å²) in [7, 11) is 0. The highest BCUT2D eigenvalue weighted by Gasteiger charge is 2.21. The maximum atomic E-state index is 12.3. The van der Waals surface area contributed by atoms with Crippen LogP contribution >= 0.6 is 15.9 Å². The van der Waals surface area contributed by atoms with Crippen molar-refractivity contribution in [2.45, 2.75) is 20.0 Å². The van der Waals surface area contributed by atoms with Crippen LogP contribution in [0.4, 0.5) is 0 Å². The van der Waals surface area contributed by atoms with Crippen molar-refractivity contribution in [1.82, 2.24) is 19.6 Å². The average Bonchev–Trinajstić information content (AvgIpc) is 2.95. The van der Waals surface area contributed by atoms with Gasteiger partial charge in [0.2, 0.25) is 5.91 Å². The van der Waals surface area contributed by atoms with E-state index in [0.717, 1.165) is 42.9 Å². The molecule has 1 aliphatic heterocycles. The van der Waals surface area contributed by atoms with Crippen molar-refractivity contribution < 1.29 is 4.79 Å². The molecule has 122 valence electrons. The molecule has 1 saturated heterocycles. The Hall–Kier alpha value is -1.66. The van der Waals surface area contributed by atoms with Crippen molar-refractivity contribution in [3.05, 3.63) is 52.3 Å². The molecule has 5 nitrogen and oxygen atoms in total. The first-order chi connectivity index (χ1) is 11.1. The Balaban J connectivity index is 1.50. The highest BCUT2D eigenvalue weighted by Crippen LogP contribution is 2.18. The fourth-order valence-electron chi connectivity index (χ4n) is 2.81. The van der Waals surface area contributed by atoms with Gasteiger partial charge in [0.05, 0.1) is 5.69 Å². The van der Waals surface area contributed by atoms with Gasteiger partial charge in [-0.15, -0.1) is 0 Å². The van der Waals surface area contributed by atoms with Gasteiger partial charge < -0.3 is 4.90 Å². The average molecular weight is 377 g/mol. The second kappa shape index (κ2) is 7.27. The van der Waals surface area contributed by atoms with Crippen LogP contribution in [-0.4, -0.2) is 51.7 Å². The molecule has 0 N–H and O–H groups in total. The van der Waals surface area contributed by atoms with Gasteiger partial charge in [0, 0.05) is 43.4 Å². The zero-order valence-electron chi connectivity index (χ0n) is 13.3. The summed E-state index contributed by atoms with van der Waals surface area (Å²) >= 11 is 3.60. The van der Waals surface area contributed by atoms with E-state index >= 15 is 0 Å². The van der Waals surface area contributed by atoms with E-state index in [0.29, 0.717) is 6.54 Å². The quantitative estimate of drug-likeness (QED) is 0.821. The maximum absolute atomic E-state index is 12.3. The summed E-state index contributed by atoms with van der Waals surface area (Å²) in [6.45, 7) is 6.56. The lowest BCUT2D eigenvalue weighted by atomic mass is 10.2. The Labute approximate surface area is 145 Å². The molecule has 0 unspecified atom stereocenters. The first-order valence-electron chi connectivity index (χ1n) is 7.85. The van der Waals surface area contributed by atoms with Crippen molar-refractivity contribution in [2.24, 2.45) is 0 Å². The molecule has 6 heteroatoms. The molecule has 1 aliphatic rings. The minimum Gasteiger partial charge on any atom is -0.339 e. The minimum absolute atomic E-state index is 0.147. The van der Waals surface area contributed by atoms with Gasteiger partial charge in [0.15, 0.2) is 0 Å². The molecule has 2 aromatic rings. The van der Waals surface area contributed by atoms with Crippen LogP contribution in [0, 0.1) is 6.92 Å². The van der Waals surface area contributed by atoms with E-state index in [1.165, 1.54) is 5.56 Å². The molecular formula is C17H21BrN4O. The second-order valence-corrected chi connectivity index (χ2v) is 6.76. The van der Waals surface area contributed by atoms with E-state index in [4.69, 9.17) is 0 Å². The molecule has 1 fully saturated rings.